The molecule has 2 rings (SSSR count). The van der Waals surface area contributed by atoms with Crippen molar-refractivity contribution in [1.82, 2.24) is 15.6 Å². The molecule has 1 heterocycles. The van der Waals surface area contributed by atoms with Gasteiger partial charge in [0.2, 0.25) is 5.91 Å². The molecule has 0 unspecified atom stereocenters. The molecule has 2 N–H and O–H groups in total. The predicted molar refractivity (Wildman–Crippen MR) is 81.8 cm³/mol. The van der Waals surface area contributed by atoms with Gasteiger partial charge in [0.15, 0.2) is 11.7 Å². The Bertz CT molecular complexity index is 552. The van der Waals surface area contributed by atoms with Crippen molar-refractivity contribution in [3.05, 3.63) is 42.4 Å². The first-order chi connectivity index (χ1) is 10.3. The molecule has 5 nitrogen and oxygen atoms in total. The van der Waals surface area contributed by atoms with Crippen molar-refractivity contribution >= 4 is 5.91 Å². The number of nitrogens with one attached hydrogen (secondary N) is 2. The van der Waals surface area contributed by atoms with Crippen LogP contribution in [0.2, 0.25) is 0 Å². The molecule has 0 fully saturated rings. The maximum absolute atomic E-state index is 11.5. The van der Waals surface area contributed by atoms with Gasteiger partial charge >= 0.3 is 0 Å². The van der Waals surface area contributed by atoms with Crippen LogP contribution >= 0.6 is 0 Å². The molecule has 5 heteroatoms. The fourth-order valence-electron chi connectivity index (χ4n) is 1.98. The average Bonchev–Trinajstić information content (AvgIpc) is 2.97. The van der Waals surface area contributed by atoms with Crippen LogP contribution < -0.4 is 10.6 Å². The number of amides is 1. The summed E-state index contributed by atoms with van der Waals surface area (Å²) >= 11 is 0. The lowest BCUT2D eigenvalue weighted by Crippen LogP contribution is -2.30. The van der Waals surface area contributed by atoms with E-state index < -0.39 is 0 Å². The highest BCUT2D eigenvalue weighted by Crippen LogP contribution is 2.20. The van der Waals surface area contributed by atoms with Gasteiger partial charge in [0.1, 0.15) is 0 Å². The number of carbonyl (C=O) groups excluding carboxylic acids is 1. The highest BCUT2D eigenvalue weighted by atomic mass is 16.4. The van der Waals surface area contributed by atoms with E-state index in [1.807, 2.05) is 37.4 Å². The second kappa shape index (κ2) is 8.21. The fourth-order valence-corrected chi connectivity index (χ4v) is 1.98. The number of hydrogen-bond donors (Lipinski definition) is 2. The lowest BCUT2D eigenvalue weighted by molar-refractivity contribution is -0.121. The van der Waals surface area contributed by atoms with Crippen LogP contribution in [0.15, 0.2) is 40.9 Å². The number of benzene rings is 1. The van der Waals surface area contributed by atoms with Gasteiger partial charge in [-0.15, -0.1) is 0 Å². The van der Waals surface area contributed by atoms with E-state index in [1.165, 1.54) is 0 Å². The highest BCUT2D eigenvalue weighted by molar-refractivity contribution is 5.75. The Balaban J connectivity index is 1.75. The van der Waals surface area contributed by atoms with E-state index in [0.29, 0.717) is 25.3 Å². The first kappa shape index (κ1) is 15.3. The minimum absolute atomic E-state index is 0.0695. The van der Waals surface area contributed by atoms with E-state index in [0.717, 1.165) is 24.3 Å². The lowest BCUT2D eigenvalue weighted by atomic mass is 10.2. The first-order valence-electron chi connectivity index (χ1n) is 7.21. The summed E-state index contributed by atoms with van der Waals surface area (Å²) in [6.07, 6.45) is 3.64. The molecule has 21 heavy (non-hydrogen) atoms. The lowest BCUT2D eigenvalue weighted by Gasteiger charge is -2.03. The monoisotopic (exact) mass is 287 g/mol. The van der Waals surface area contributed by atoms with Crippen LogP contribution in [0.4, 0.5) is 0 Å². The normalized spacial score (nSPS) is 10.5. The summed E-state index contributed by atoms with van der Waals surface area (Å²) in [6.45, 7) is 1.44. The summed E-state index contributed by atoms with van der Waals surface area (Å²) in [4.78, 5) is 15.8. The second-order valence-corrected chi connectivity index (χ2v) is 4.79. The smallest absolute Gasteiger partial charge is 0.220 e. The minimum Gasteiger partial charge on any atom is -0.441 e. The zero-order chi connectivity index (χ0) is 14.9. The molecule has 0 aliphatic carbocycles. The Hall–Kier alpha value is -2.14. The molecule has 0 aliphatic heterocycles. The molecule has 0 atom stereocenters. The molecule has 0 radical (unpaired) electrons. The zero-order valence-corrected chi connectivity index (χ0v) is 12.3. The average molecular weight is 287 g/mol. The molecule has 1 aromatic heterocycles. The van der Waals surface area contributed by atoms with Crippen LogP contribution in [0.25, 0.3) is 11.3 Å². The molecule has 0 aliphatic rings. The summed E-state index contributed by atoms with van der Waals surface area (Å²) < 4.78 is 5.70. The van der Waals surface area contributed by atoms with E-state index >= 15 is 0 Å². The standard InChI is InChI=1S/C16H21N3O2/c1-17-10-11-18-15(20)8-5-9-16-19-12-14(21-16)13-6-3-2-4-7-13/h2-4,6-7,12,17H,5,8-11H2,1H3,(H,18,20). The third-order valence-electron chi connectivity index (χ3n) is 3.10. The van der Waals surface area contributed by atoms with Crippen molar-refractivity contribution < 1.29 is 9.21 Å². The third kappa shape index (κ3) is 5.04. The van der Waals surface area contributed by atoms with Gasteiger partial charge in [-0.25, -0.2) is 4.98 Å². The van der Waals surface area contributed by atoms with Crippen LogP contribution in [-0.4, -0.2) is 31.0 Å². The topological polar surface area (TPSA) is 67.2 Å². The van der Waals surface area contributed by atoms with Gasteiger partial charge in [-0.05, 0) is 13.5 Å². The molecular formula is C16H21N3O2. The number of rotatable bonds is 8. The van der Waals surface area contributed by atoms with Crippen molar-refractivity contribution in [3.8, 4) is 11.3 Å². The number of hydrogen-bond acceptors (Lipinski definition) is 4. The van der Waals surface area contributed by atoms with Gasteiger partial charge in [0.25, 0.3) is 0 Å². The molecule has 1 amide bonds. The number of carbonyl (C=O) groups is 1. The summed E-state index contributed by atoms with van der Waals surface area (Å²) in [5, 5.41) is 5.83. The van der Waals surface area contributed by atoms with Gasteiger partial charge in [-0.2, -0.15) is 0 Å². The van der Waals surface area contributed by atoms with Crippen LogP contribution in [0, 0.1) is 0 Å². The molecule has 112 valence electrons. The Morgan fingerprint density at radius 2 is 2.05 bits per heavy atom. The van der Waals surface area contributed by atoms with Crippen molar-refractivity contribution in [1.29, 1.82) is 0 Å². The van der Waals surface area contributed by atoms with Gasteiger partial charge in [-0.1, -0.05) is 30.3 Å². The van der Waals surface area contributed by atoms with Gasteiger partial charge < -0.3 is 15.1 Å². The van der Waals surface area contributed by atoms with E-state index in [2.05, 4.69) is 15.6 Å². The quantitative estimate of drug-likeness (QED) is 0.729. The molecule has 0 saturated heterocycles. The molecule has 0 spiro atoms. The minimum atomic E-state index is 0.0695. The van der Waals surface area contributed by atoms with E-state index in [-0.39, 0.29) is 5.91 Å². The van der Waals surface area contributed by atoms with Crippen molar-refractivity contribution in [2.45, 2.75) is 19.3 Å². The number of aromatic nitrogens is 1. The predicted octanol–water partition coefficient (Wildman–Crippen LogP) is 2.00. The molecule has 2 aromatic rings. The summed E-state index contributed by atoms with van der Waals surface area (Å²) in [6, 6.07) is 9.87. The molecule has 1 aromatic carbocycles. The molecular weight excluding hydrogens is 266 g/mol. The Morgan fingerprint density at radius 3 is 2.81 bits per heavy atom. The van der Waals surface area contributed by atoms with Crippen LogP contribution in [0.1, 0.15) is 18.7 Å². The number of nitrogens with zero attached hydrogens (tertiary/aromatic N) is 1. The summed E-state index contributed by atoms with van der Waals surface area (Å²) in [7, 11) is 1.86. The first-order valence-corrected chi connectivity index (χ1v) is 7.21. The third-order valence-corrected chi connectivity index (χ3v) is 3.10. The van der Waals surface area contributed by atoms with Gasteiger partial charge in [0.05, 0.1) is 6.20 Å². The zero-order valence-electron chi connectivity index (χ0n) is 12.3. The van der Waals surface area contributed by atoms with Gasteiger partial charge in [-0.3, -0.25) is 4.79 Å². The summed E-state index contributed by atoms with van der Waals surface area (Å²) in [5.41, 5.74) is 1.01. The maximum atomic E-state index is 11.5. The van der Waals surface area contributed by atoms with E-state index in [4.69, 9.17) is 4.42 Å². The SMILES string of the molecule is CNCCNC(=O)CCCc1ncc(-c2ccccc2)o1. The fraction of sp³-hybridized carbons (Fsp3) is 0.375. The van der Waals surface area contributed by atoms with E-state index in [9.17, 15) is 4.79 Å². The second-order valence-electron chi connectivity index (χ2n) is 4.79. The van der Waals surface area contributed by atoms with Crippen molar-refractivity contribution in [3.63, 3.8) is 0 Å². The highest BCUT2D eigenvalue weighted by Gasteiger charge is 2.07. The van der Waals surface area contributed by atoms with Crippen LogP contribution in [-0.2, 0) is 11.2 Å². The van der Waals surface area contributed by atoms with Crippen molar-refractivity contribution in [2.24, 2.45) is 0 Å². The summed E-state index contributed by atoms with van der Waals surface area (Å²) in [5.74, 6) is 1.51. The van der Waals surface area contributed by atoms with E-state index in [1.54, 1.807) is 6.20 Å². The molecule has 0 bridgehead atoms. The van der Waals surface area contributed by atoms with Gasteiger partial charge in [0, 0.05) is 31.5 Å². The Kier molecular flexibility index (Phi) is 5.97. The number of aryl methyl sites for hydroxylation is 1. The number of likely N-dealkylation sites (N-methyl/N-ethyl adjacent to an activating group) is 1. The largest absolute Gasteiger partial charge is 0.441 e. The maximum Gasteiger partial charge on any atom is 0.220 e. The Labute approximate surface area is 124 Å². The van der Waals surface area contributed by atoms with Crippen molar-refractivity contribution in [2.75, 3.05) is 20.1 Å². The molecule has 0 saturated carbocycles. The number of oxazole rings is 1. The Morgan fingerprint density at radius 1 is 1.24 bits per heavy atom. The van der Waals surface area contributed by atoms with Crippen LogP contribution in [0.5, 0.6) is 0 Å². The van der Waals surface area contributed by atoms with Crippen LogP contribution in [0.3, 0.4) is 0 Å².